The second-order valence-corrected chi connectivity index (χ2v) is 6.80. The van der Waals surface area contributed by atoms with Gasteiger partial charge < -0.3 is 15.2 Å². The van der Waals surface area contributed by atoms with Crippen LogP contribution in [0.2, 0.25) is 0 Å². The second-order valence-electron chi connectivity index (χ2n) is 6.80. The summed E-state index contributed by atoms with van der Waals surface area (Å²) in [5, 5.41) is 0. The summed E-state index contributed by atoms with van der Waals surface area (Å²) in [5.41, 5.74) is 8.94. The van der Waals surface area contributed by atoms with Crippen molar-refractivity contribution >= 4 is 41.9 Å². The highest BCUT2D eigenvalue weighted by Crippen LogP contribution is 2.19. The zero-order valence-corrected chi connectivity index (χ0v) is 17.0. The molecular weight excluding hydrogens is 399 g/mol. The van der Waals surface area contributed by atoms with E-state index in [1.54, 1.807) is 18.7 Å². The molecule has 0 aromatic carbocycles. The lowest BCUT2D eigenvalue weighted by Gasteiger charge is -2.32. The van der Waals surface area contributed by atoms with Crippen LogP contribution < -0.4 is 5.73 Å². The molecule has 1 unspecified atom stereocenters. The van der Waals surface area contributed by atoms with Crippen LogP contribution in [0, 0.1) is 5.92 Å². The summed E-state index contributed by atoms with van der Waals surface area (Å²) in [4.78, 5) is 27.7. The monoisotopic (exact) mass is 422 g/mol. The number of nitrogens with zero attached hydrogens (tertiary/aromatic N) is 5. The molecule has 3 aromatic heterocycles. The second kappa shape index (κ2) is 9.82. The topological polar surface area (TPSA) is 89.9 Å². The Bertz CT molecular complexity index is 917. The molecule has 0 bridgehead atoms. The first-order valence-electron chi connectivity index (χ1n) is 8.93. The van der Waals surface area contributed by atoms with Gasteiger partial charge in [0.1, 0.15) is 5.52 Å². The number of amides is 1. The van der Waals surface area contributed by atoms with Crippen LogP contribution in [0.3, 0.4) is 0 Å². The minimum absolute atomic E-state index is 0. The van der Waals surface area contributed by atoms with Crippen molar-refractivity contribution in [2.24, 2.45) is 11.7 Å². The number of hydrogen-bond donors (Lipinski definition) is 1. The highest BCUT2D eigenvalue weighted by Gasteiger charge is 2.24. The minimum atomic E-state index is 0. The third kappa shape index (κ3) is 4.60. The molecule has 2 N–H and O–H groups in total. The normalized spacial score (nSPS) is 16.3. The molecular formula is C19H24Cl2N6O. The van der Waals surface area contributed by atoms with Gasteiger partial charge in [-0.05, 0) is 43.0 Å². The first-order chi connectivity index (χ1) is 12.7. The number of pyridine rings is 2. The number of carbonyl (C=O) groups excluding carboxylic acids is 1. The van der Waals surface area contributed by atoms with Crippen molar-refractivity contribution in [1.29, 1.82) is 0 Å². The van der Waals surface area contributed by atoms with Crippen molar-refractivity contribution in [3.05, 3.63) is 54.2 Å². The van der Waals surface area contributed by atoms with Crippen molar-refractivity contribution in [1.82, 2.24) is 24.4 Å². The van der Waals surface area contributed by atoms with E-state index in [2.05, 4.69) is 15.0 Å². The Morgan fingerprint density at radius 1 is 1.25 bits per heavy atom. The lowest BCUT2D eigenvalue weighted by atomic mass is 9.98. The van der Waals surface area contributed by atoms with E-state index in [4.69, 9.17) is 5.73 Å². The number of rotatable bonds is 4. The molecule has 0 saturated carbocycles. The first-order valence-corrected chi connectivity index (χ1v) is 8.93. The van der Waals surface area contributed by atoms with Crippen molar-refractivity contribution in [3.8, 4) is 0 Å². The summed E-state index contributed by atoms with van der Waals surface area (Å²) in [6, 6.07) is 5.75. The van der Waals surface area contributed by atoms with E-state index in [1.807, 2.05) is 33.9 Å². The van der Waals surface area contributed by atoms with Crippen molar-refractivity contribution in [2.45, 2.75) is 19.4 Å². The van der Waals surface area contributed by atoms with Gasteiger partial charge >= 0.3 is 0 Å². The Morgan fingerprint density at radius 3 is 2.86 bits per heavy atom. The molecule has 7 nitrogen and oxygen atoms in total. The summed E-state index contributed by atoms with van der Waals surface area (Å²) in [5.74, 6) is 0.405. The number of likely N-dealkylation sites (tertiary alicyclic amines) is 1. The molecule has 1 fully saturated rings. The summed E-state index contributed by atoms with van der Waals surface area (Å²) >= 11 is 0. The van der Waals surface area contributed by atoms with Gasteiger partial charge in [0.25, 0.3) is 5.91 Å². The number of halogens is 2. The fourth-order valence-corrected chi connectivity index (χ4v) is 3.49. The zero-order valence-electron chi connectivity index (χ0n) is 15.4. The zero-order chi connectivity index (χ0) is 17.9. The van der Waals surface area contributed by atoms with E-state index < -0.39 is 0 Å². The average molecular weight is 423 g/mol. The van der Waals surface area contributed by atoms with E-state index in [0.29, 0.717) is 24.6 Å². The maximum Gasteiger partial charge on any atom is 0.255 e. The van der Waals surface area contributed by atoms with Crippen molar-refractivity contribution in [2.75, 3.05) is 19.6 Å². The largest absolute Gasteiger partial charge is 0.338 e. The van der Waals surface area contributed by atoms with Gasteiger partial charge in [-0.3, -0.25) is 9.78 Å². The number of fused-ring (bicyclic) bond motifs is 1. The van der Waals surface area contributed by atoms with Crippen LogP contribution in [0.25, 0.3) is 11.2 Å². The number of aromatic nitrogens is 4. The molecule has 3 aromatic rings. The minimum Gasteiger partial charge on any atom is -0.338 e. The molecule has 0 spiro atoms. The van der Waals surface area contributed by atoms with Crippen LogP contribution >= 0.6 is 24.8 Å². The van der Waals surface area contributed by atoms with Crippen LogP contribution in [-0.4, -0.2) is 50.0 Å². The van der Waals surface area contributed by atoms with Crippen LogP contribution in [0.4, 0.5) is 0 Å². The molecule has 1 atom stereocenters. The predicted octanol–water partition coefficient (Wildman–Crippen LogP) is 2.53. The Kier molecular flexibility index (Phi) is 7.74. The van der Waals surface area contributed by atoms with Gasteiger partial charge in [0.15, 0.2) is 5.65 Å². The van der Waals surface area contributed by atoms with Gasteiger partial charge in [-0.25, -0.2) is 9.97 Å². The molecule has 4 rings (SSSR count). The average Bonchev–Trinajstić information content (AvgIpc) is 3.10. The van der Waals surface area contributed by atoms with Gasteiger partial charge in [-0.1, -0.05) is 6.07 Å². The van der Waals surface area contributed by atoms with Gasteiger partial charge in [-0.2, -0.15) is 0 Å². The smallest absolute Gasteiger partial charge is 0.255 e. The standard InChI is InChI=1S/C19H22N6O.2ClH/c20-8-14-4-2-6-24(11-14)19(26)16-7-17-18(22-10-16)25(13-23-17)12-15-3-1-5-21-9-15;;/h1,3,5,7,9-10,13-14H,2,4,6,8,11-12,20H2;2*1H. The fourth-order valence-electron chi connectivity index (χ4n) is 3.49. The Labute approximate surface area is 176 Å². The van der Waals surface area contributed by atoms with E-state index in [9.17, 15) is 4.79 Å². The van der Waals surface area contributed by atoms with Crippen molar-refractivity contribution in [3.63, 3.8) is 0 Å². The number of hydrogen-bond acceptors (Lipinski definition) is 5. The summed E-state index contributed by atoms with van der Waals surface area (Å²) in [6.45, 7) is 2.78. The Hall–Kier alpha value is -2.22. The van der Waals surface area contributed by atoms with Crippen LogP contribution in [0.1, 0.15) is 28.8 Å². The van der Waals surface area contributed by atoms with E-state index in [0.717, 1.165) is 42.7 Å². The number of piperidine rings is 1. The third-order valence-electron chi connectivity index (χ3n) is 4.92. The quantitative estimate of drug-likeness (QED) is 0.697. The van der Waals surface area contributed by atoms with Gasteiger partial charge in [0.2, 0.25) is 0 Å². The van der Waals surface area contributed by atoms with E-state index in [-0.39, 0.29) is 30.7 Å². The van der Waals surface area contributed by atoms with Gasteiger partial charge in [-0.15, -0.1) is 24.8 Å². The highest BCUT2D eigenvalue weighted by atomic mass is 35.5. The fraction of sp³-hybridized carbons (Fsp3) is 0.368. The maximum absolute atomic E-state index is 12.8. The van der Waals surface area contributed by atoms with Gasteiger partial charge in [0.05, 0.1) is 18.4 Å². The molecule has 1 saturated heterocycles. The van der Waals surface area contributed by atoms with Crippen LogP contribution in [-0.2, 0) is 6.54 Å². The van der Waals surface area contributed by atoms with E-state index in [1.165, 1.54) is 0 Å². The number of nitrogens with two attached hydrogens (primary N) is 1. The molecule has 1 aliphatic rings. The SMILES string of the molecule is Cl.Cl.NCC1CCCN(C(=O)c2cnc3c(c2)ncn3Cc2cccnc2)C1. The molecule has 28 heavy (non-hydrogen) atoms. The van der Waals surface area contributed by atoms with Crippen LogP contribution in [0.5, 0.6) is 0 Å². The molecule has 0 radical (unpaired) electrons. The molecule has 150 valence electrons. The molecule has 1 aliphatic heterocycles. The first kappa shape index (κ1) is 22.1. The van der Waals surface area contributed by atoms with Crippen molar-refractivity contribution < 1.29 is 4.79 Å². The van der Waals surface area contributed by atoms with Gasteiger partial charge in [0, 0.05) is 31.7 Å². The Morgan fingerprint density at radius 2 is 2.11 bits per heavy atom. The number of carbonyl (C=O) groups is 1. The molecule has 9 heteroatoms. The highest BCUT2D eigenvalue weighted by molar-refractivity contribution is 5.96. The van der Waals surface area contributed by atoms with E-state index >= 15 is 0 Å². The summed E-state index contributed by atoms with van der Waals surface area (Å²) < 4.78 is 1.96. The maximum atomic E-state index is 12.8. The lowest BCUT2D eigenvalue weighted by molar-refractivity contribution is 0.0678. The summed E-state index contributed by atoms with van der Waals surface area (Å²) in [7, 11) is 0. The predicted molar refractivity (Wildman–Crippen MR) is 113 cm³/mol. The third-order valence-corrected chi connectivity index (χ3v) is 4.92. The molecule has 1 amide bonds. The van der Waals surface area contributed by atoms with Crippen LogP contribution in [0.15, 0.2) is 43.1 Å². The lowest BCUT2D eigenvalue weighted by Crippen LogP contribution is -2.42. The number of imidazole rings is 1. The Balaban J connectivity index is 0.00000140. The molecule has 4 heterocycles. The summed E-state index contributed by atoms with van der Waals surface area (Å²) in [6.07, 6.45) is 9.08. The molecule has 0 aliphatic carbocycles.